The maximum Gasteiger partial charge on any atom is 0.316 e. The van der Waals surface area contributed by atoms with Crippen molar-refractivity contribution in [2.24, 2.45) is 0 Å². The van der Waals surface area contributed by atoms with Crippen LogP contribution in [0.3, 0.4) is 0 Å². The molecule has 1 aliphatic rings. The van der Waals surface area contributed by atoms with Gasteiger partial charge in [-0.1, -0.05) is 0 Å². The molecule has 2 rings (SSSR count). The fourth-order valence-corrected chi connectivity index (χ4v) is 2.12. The second kappa shape index (κ2) is 4.98. The standard InChI is InChI=1S/C12H19N3O2/c1-12(17-3)5-7-15(9-12)8-10-4-6-13-11(14-10)16-2/h4,6H,5,7-9H2,1-3H3. The van der Waals surface area contributed by atoms with Crippen LogP contribution in [-0.4, -0.2) is 47.8 Å². The Labute approximate surface area is 102 Å². The smallest absolute Gasteiger partial charge is 0.316 e. The first kappa shape index (κ1) is 12.3. The quantitative estimate of drug-likeness (QED) is 0.784. The number of aromatic nitrogens is 2. The van der Waals surface area contributed by atoms with Crippen molar-refractivity contribution in [2.75, 3.05) is 27.3 Å². The second-order valence-corrected chi connectivity index (χ2v) is 4.65. The Kier molecular flexibility index (Phi) is 3.59. The molecule has 2 heterocycles. The lowest BCUT2D eigenvalue weighted by atomic mass is 10.1. The molecule has 0 radical (unpaired) electrons. The summed E-state index contributed by atoms with van der Waals surface area (Å²) in [6.45, 7) is 4.94. The molecule has 0 N–H and O–H groups in total. The number of methoxy groups -OCH3 is 2. The third-order valence-corrected chi connectivity index (χ3v) is 3.27. The Hall–Kier alpha value is -1.20. The summed E-state index contributed by atoms with van der Waals surface area (Å²) in [4.78, 5) is 10.7. The summed E-state index contributed by atoms with van der Waals surface area (Å²) < 4.78 is 10.5. The SMILES string of the molecule is COc1nccc(CN2CCC(C)(OC)C2)n1. The predicted molar refractivity (Wildman–Crippen MR) is 63.9 cm³/mol. The van der Waals surface area contributed by atoms with Gasteiger partial charge in [0.25, 0.3) is 0 Å². The number of likely N-dealkylation sites (tertiary alicyclic amines) is 1. The molecule has 1 fully saturated rings. The van der Waals surface area contributed by atoms with Crippen LogP contribution in [0.4, 0.5) is 0 Å². The van der Waals surface area contributed by atoms with Crippen LogP contribution in [0.25, 0.3) is 0 Å². The highest BCUT2D eigenvalue weighted by molar-refractivity contribution is 5.06. The maximum absolute atomic E-state index is 5.51. The van der Waals surface area contributed by atoms with Crippen molar-refractivity contribution in [1.82, 2.24) is 14.9 Å². The zero-order valence-corrected chi connectivity index (χ0v) is 10.6. The van der Waals surface area contributed by atoms with Crippen LogP contribution in [0.2, 0.25) is 0 Å². The molecule has 0 spiro atoms. The minimum Gasteiger partial charge on any atom is -0.467 e. The van der Waals surface area contributed by atoms with Gasteiger partial charge in [-0.25, -0.2) is 4.98 Å². The van der Waals surface area contributed by atoms with Gasteiger partial charge in [0.05, 0.1) is 18.4 Å². The number of hydrogen-bond acceptors (Lipinski definition) is 5. The second-order valence-electron chi connectivity index (χ2n) is 4.65. The molecule has 0 bridgehead atoms. The van der Waals surface area contributed by atoms with Gasteiger partial charge in [0, 0.05) is 32.9 Å². The molecule has 0 aromatic carbocycles. The van der Waals surface area contributed by atoms with E-state index >= 15 is 0 Å². The Bertz CT molecular complexity index is 386. The van der Waals surface area contributed by atoms with Gasteiger partial charge in [0.1, 0.15) is 0 Å². The molecule has 0 amide bonds. The minimum atomic E-state index is -0.0167. The Morgan fingerprint density at radius 1 is 1.47 bits per heavy atom. The molecule has 5 nitrogen and oxygen atoms in total. The molecular formula is C12H19N3O2. The van der Waals surface area contributed by atoms with Crippen LogP contribution in [0, 0.1) is 0 Å². The Morgan fingerprint density at radius 3 is 2.94 bits per heavy atom. The molecular weight excluding hydrogens is 218 g/mol. The van der Waals surface area contributed by atoms with Crippen molar-refractivity contribution in [3.63, 3.8) is 0 Å². The van der Waals surface area contributed by atoms with Crippen LogP contribution in [-0.2, 0) is 11.3 Å². The third kappa shape index (κ3) is 2.92. The van der Waals surface area contributed by atoms with Gasteiger partial charge < -0.3 is 9.47 Å². The molecule has 0 aliphatic carbocycles. The summed E-state index contributed by atoms with van der Waals surface area (Å²) in [6.07, 6.45) is 2.79. The molecule has 1 aromatic rings. The van der Waals surface area contributed by atoms with Gasteiger partial charge in [-0.2, -0.15) is 4.98 Å². The van der Waals surface area contributed by atoms with E-state index in [9.17, 15) is 0 Å². The van der Waals surface area contributed by atoms with E-state index in [2.05, 4.69) is 21.8 Å². The number of rotatable bonds is 4. The maximum atomic E-state index is 5.51. The van der Waals surface area contributed by atoms with Gasteiger partial charge >= 0.3 is 6.01 Å². The fraction of sp³-hybridized carbons (Fsp3) is 0.667. The van der Waals surface area contributed by atoms with Crippen molar-refractivity contribution >= 4 is 0 Å². The van der Waals surface area contributed by atoms with Crippen LogP contribution < -0.4 is 4.74 Å². The van der Waals surface area contributed by atoms with Crippen molar-refractivity contribution in [3.05, 3.63) is 18.0 Å². The largest absolute Gasteiger partial charge is 0.467 e. The fourth-order valence-electron chi connectivity index (χ4n) is 2.12. The molecule has 1 aromatic heterocycles. The van der Waals surface area contributed by atoms with Crippen molar-refractivity contribution in [3.8, 4) is 6.01 Å². The lowest BCUT2D eigenvalue weighted by Crippen LogP contribution is -2.31. The zero-order valence-electron chi connectivity index (χ0n) is 10.6. The predicted octanol–water partition coefficient (Wildman–Crippen LogP) is 1.10. The monoisotopic (exact) mass is 237 g/mol. The summed E-state index contributed by atoms with van der Waals surface area (Å²) in [6, 6.07) is 2.35. The average Bonchev–Trinajstić information content (AvgIpc) is 2.72. The van der Waals surface area contributed by atoms with E-state index in [0.717, 1.165) is 31.7 Å². The summed E-state index contributed by atoms with van der Waals surface area (Å²) >= 11 is 0. The van der Waals surface area contributed by atoms with E-state index in [-0.39, 0.29) is 5.60 Å². The number of ether oxygens (including phenoxy) is 2. The Morgan fingerprint density at radius 2 is 2.29 bits per heavy atom. The van der Waals surface area contributed by atoms with Crippen LogP contribution >= 0.6 is 0 Å². The van der Waals surface area contributed by atoms with E-state index in [1.165, 1.54) is 0 Å². The van der Waals surface area contributed by atoms with E-state index in [4.69, 9.17) is 9.47 Å². The van der Waals surface area contributed by atoms with Crippen LogP contribution in [0.1, 0.15) is 19.0 Å². The van der Waals surface area contributed by atoms with Gasteiger partial charge in [0.15, 0.2) is 0 Å². The van der Waals surface area contributed by atoms with Gasteiger partial charge in [-0.15, -0.1) is 0 Å². The third-order valence-electron chi connectivity index (χ3n) is 3.27. The molecule has 1 aliphatic heterocycles. The average molecular weight is 237 g/mol. The highest BCUT2D eigenvalue weighted by Gasteiger charge is 2.33. The lowest BCUT2D eigenvalue weighted by Gasteiger charge is -2.22. The topological polar surface area (TPSA) is 47.5 Å². The number of nitrogens with zero attached hydrogens (tertiary/aromatic N) is 3. The number of hydrogen-bond donors (Lipinski definition) is 0. The van der Waals surface area contributed by atoms with Crippen molar-refractivity contribution in [1.29, 1.82) is 0 Å². The molecule has 0 saturated carbocycles. The molecule has 1 saturated heterocycles. The van der Waals surface area contributed by atoms with Gasteiger partial charge in [-0.05, 0) is 19.4 Å². The van der Waals surface area contributed by atoms with E-state index < -0.39 is 0 Å². The first-order valence-corrected chi connectivity index (χ1v) is 5.79. The van der Waals surface area contributed by atoms with Crippen molar-refractivity contribution < 1.29 is 9.47 Å². The van der Waals surface area contributed by atoms with Crippen LogP contribution in [0.15, 0.2) is 12.3 Å². The lowest BCUT2D eigenvalue weighted by molar-refractivity contribution is 0.0142. The molecule has 94 valence electrons. The zero-order chi connectivity index (χ0) is 12.3. The van der Waals surface area contributed by atoms with E-state index in [1.54, 1.807) is 20.4 Å². The van der Waals surface area contributed by atoms with E-state index in [0.29, 0.717) is 6.01 Å². The normalized spacial score (nSPS) is 25.1. The molecule has 1 unspecified atom stereocenters. The summed E-state index contributed by atoms with van der Waals surface area (Å²) in [7, 11) is 3.36. The molecule has 1 atom stereocenters. The highest BCUT2D eigenvalue weighted by atomic mass is 16.5. The van der Waals surface area contributed by atoms with Gasteiger partial charge in [-0.3, -0.25) is 4.90 Å². The van der Waals surface area contributed by atoms with E-state index in [1.807, 2.05) is 6.07 Å². The first-order chi connectivity index (χ1) is 8.15. The first-order valence-electron chi connectivity index (χ1n) is 5.79. The summed E-state index contributed by atoms with van der Waals surface area (Å²) in [5, 5.41) is 0. The Balaban J connectivity index is 1.98. The van der Waals surface area contributed by atoms with Crippen molar-refractivity contribution in [2.45, 2.75) is 25.5 Å². The molecule has 17 heavy (non-hydrogen) atoms. The minimum absolute atomic E-state index is 0.0167. The van der Waals surface area contributed by atoms with Crippen LogP contribution in [0.5, 0.6) is 6.01 Å². The summed E-state index contributed by atoms with van der Waals surface area (Å²) in [5.74, 6) is 0. The summed E-state index contributed by atoms with van der Waals surface area (Å²) in [5.41, 5.74) is 0.967. The highest BCUT2D eigenvalue weighted by Crippen LogP contribution is 2.25. The molecule has 5 heteroatoms. The van der Waals surface area contributed by atoms with Gasteiger partial charge in [0.2, 0.25) is 0 Å².